The molecule has 0 fully saturated rings. The summed E-state index contributed by atoms with van der Waals surface area (Å²) in [4.78, 5) is 0.410. The Morgan fingerprint density at radius 1 is 1.60 bits per heavy atom. The molecule has 10 heavy (non-hydrogen) atoms. The minimum atomic E-state index is 0.226. The lowest BCUT2D eigenvalue weighted by Crippen LogP contribution is -1.87. The maximum atomic E-state index is 10.8. The molecule has 0 spiro atoms. The van der Waals surface area contributed by atoms with Crippen molar-refractivity contribution in [3.8, 4) is 0 Å². The van der Waals surface area contributed by atoms with Gasteiger partial charge in [0.25, 0.3) is 0 Å². The molecule has 49 valence electrons. The predicted molar refractivity (Wildman–Crippen MR) is 33.6 cm³/mol. The van der Waals surface area contributed by atoms with Gasteiger partial charge in [0.15, 0.2) is 0 Å². The second kappa shape index (κ2) is 1.70. The van der Waals surface area contributed by atoms with Crippen molar-refractivity contribution in [1.82, 2.24) is 15.2 Å². The van der Waals surface area contributed by atoms with E-state index in [-0.39, 0.29) is 6.04 Å². The molecule has 1 aromatic heterocycles. The van der Waals surface area contributed by atoms with Crippen LogP contribution in [-0.4, -0.2) is 15.2 Å². The lowest BCUT2D eigenvalue weighted by atomic mass is 10.3. The first-order valence-corrected chi connectivity index (χ1v) is 2.77. The molecule has 1 radical (unpaired) electrons. The SMILES string of the molecule is [3H]c1cccc2c1nnn2[O]. The van der Waals surface area contributed by atoms with Gasteiger partial charge in [0.2, 0.25) is 0 Å². The lowest BCUT2D eigenvalue weighted by Gasteiger charge is -1.82. The first-order chi connectivity index (χ1) is 5.29. The Morgan fingerprint density at radius 2 is 2.50 bits per heavy atom. The van der Waals surface area contributed by atoms with Gasteiger partial charge in [-0.1, -0.05) is 12.1 Å². The summed E-state index contributed by atoms with van der Waals surface area (Å²) in [5, 5.41) is 17.6. The predicted octanol–water partition coefficient (Wildman–Crippen LogP) is 0.625. The van der Waals surface area contributed by atoms with Crippen LogP contribution in [0, 0.1) is 0 Å². The van der Waals surface area contributed by atoms with Gasteiger partial charge in [-0.2, -0.15) is 0 Å². The fraction of sp³-hybridized carbons (Fsp3) is 0. The van der Waals surface area contributed by atoms with Crippen molar-refractivity contribution in [3.05, 3.63) is 24.2 Å². The van der Waals surface area contributed by atoms with Crippen molar-refractivity contribution < 1.29 is 6.58 Å². The molecule has 1 heterocycles. The van der Waals surface area contributed by atoms with E-state index >= 15 is 0 Å². The molecule has 4 heteroatoms. The molecule has 0 saturated heterocycles. The Balaban J connectivity index is 2.94. The molecule has 0 atom stereocenters. The summed E-state index contributed by atoms with van der Waals surface area (Å²) >= 11 is 0. The Bertz CT molecular complexity index is 398. The molecule has 0 aliphatic heterocycles. The molecule has 2 rings (SSSR count). The number of aromatic nitrogens is 3. The quantitative estimate of drug-likeness (QED) is 0.533. The third-order valence-electron chi connectivity index (χ3n) is 1.25. The average molecular weight is 136 g/mol. The monoisotopic (exact) mass is 136 g/mol. The number of hydrogen-bond donors (Lipinski definition) is 0. The zero-order chi connectivity index (χ0) is 7.84. The van der Waals surface area contributed by atoms with Gasteiger partial charge >= 0.3 is 0 Å². The van der Waals surface area contributed by atoms with Gasteiger partial charge < -0.3 is 0 Å². The van der Waals surface area contributed by atoms with E-state index in [2.05, 4.69) is 10.3 Å². The second-order valence-electron chi connectivity index (χ2n) is 1.87. The molecular formula is C6H4N3O. The summed E-state index contributed by atoms with van der Waals surface area (Å²) in [5.41, 5.74) is 0.694. The topological polar surface area (TPSA) is 50.6 Å². The third-order valence-corrected chi connectivity index (χ3v) is 1.25. The Kier molecular flexibility index (Phi) is 0.725. The summed E-state index contributed by atoms with van der Waals surface area (Å²) in [5.74, 6) is 0. The molecule has 2 aromatic rings. The van der Waals surface area contributed by atoms with Crippen LogP contribution in [0.2, 0.25) is 0 Å². The lowest BCUT2D eigenvalue weighted by molar-refractivity contribution is 0.0651. The van der Waals surface area contributed by atoms with E-state index in [9.17, 15) is 5.21 Å². The van der Waals surface area contributed by atoms with Gasteiger partial charge in [0, 0.05) is 0 Å². The van der Waals surface area contributed by atoms with Crippen LogP contribution in [0.25, 0.3) is 11.0 Å². The fourth-order valence-electron chi connectivity index (χ4n) is 0.787. The van der Waals surface area contributed by atoms with E-state index < -0.39 is 0 Å². The van der Waals surface area contributed by atoms with Crippen LogP contribution in [0.1, 0.15) is 1.37 Å². The van der Waals surface area contributed by atoms with Crippen molar-refractivity contribution in [3.63, 3.8) is 0 Å². The molecule has 0 amide bonds. The van der Waals surface area contributed by atoms with Gasteiger partial charge in [-0.15, -0.1) is 10.3 Å². The fourth-order valence-corrected chi connectivity index (χ4v) is 0.787. The minimum absolute atomic E-state index is 0.226. The highest BCUT2D eigenvalue weighted by Crippen LogP contribution is 2.06. The minimum Gasteiger partial charge on any atom is -0.144 e. The molecule has 0 aliphatic carbocycles. The highest BCUT2D eigenvalue weighted by atomic mass is 16.5. The average Bonchev–Trinajstić information content (AvgIpc) is 2.35. The second-order valence-corrected chi connectivity index (χ2v) is 1.87. The number of nitrogens with zero attached hydrogens (tertiary/aromatic N) is 3. The summed E-state index contributed by atoms with van der Waals surface area (Å²) < 4.78 is 7.32. The van der Waals surface area contributed by atoms with E-state index in [1.807, 2.05) is 0 Å². The smallest absolute Gasteiger partial charge is 0.135 e. The largest absolute Gasteiger partial charge is 0.144 e. The summed E-state index contributed by atoms with van der Waals surface area (Å²) in [7, 11) is 0. The van der Waals surface area contributed by atoms with Crippen LogP contribution < -0.4 is 0 Å². The zero-order valence-corrected chi connectivity index (χ0v) is 4.98. The maximum absolute atomic E-state index is 10.8. The maximum Gasteiger partial charge on any atom is 0.135 e. The van der Waals surface area contributed by atoms with Crippen LogP contribution in [-0.2, 0) is 5.21 Å². The Morgan fingerprint density at radius 3 is 3.30 bits per heavy atom. The molecule has 4 nitrogen and oxygen atoms in total. The van der Waals surface area contributed by atoms with Crippen molar-refractivity contribution in [1.29, 1.82) is 0 Å². The van der Waals surface area contributed by atoms with Crippen molar-refractivity contribution in [2.75, 3.05) is 0 Å². The van der Waals surface area contributed by atoms with Crippen LogP contribution in [0.4, 0.5) is 0 Å². The normalized spacial score (nSPS) is 11.8. The van der Waals surface area contributed by atoms with Gasteiger partial charge in [-0.05, 0) is 22.2 Å². The first kappa shape index (κ1) is 4.27. The molecule has 0 aliphatic rings. The first-order valence-electron chi connectivity index (χ1n) is 3.27. The standard InChI is InChI=1S/C6H4N3O/c10-9-6-4-2-1-3-5(6)7-8-9/h1-4H/i3T. The van der Waals surface area contributed by atoms with E-state index in [1.54, 1.807) is 18.2 Å². The number of fused-ring (bicyclic) bond motifs is 1. The summed E-state index contributed by atoms with van der Waals surface area (Å²) in [6.07, 6.45) is 0. The van der Waals surface area contributed by atoms with E-state index in [4.69, 9.17) is 1.37 Å². The highest BCUT2D eigenvalue weighted by Gasteiger charge is 2.00. The summed E-state index contributed by atoms with van der Waals surface area (Å²) in [6, 6.07) is 5.00. The van der Waals surface area contributed by atoms with Crippen LogP contribution in [0.3, 0.4) is 0 Å². The Labute approximate surface area is 58.1 Å². The number of rotatable bonds is 0. The van der Waals surface area contributed by atoms with Gasteiger partial charge in [-0.3, -0.25) is 0 Å². The van der Waals surface area contributed by atoms with E-state index in [0.717, 1.165) is 0 Å². The molecule has 0 N–H and O–H groups in total. The van der Waals surface area contributed by atoms with Crippen molar-refractivity contribution in [2.24, 2.45) is 0 Å². The Hall–Kier alpha value is -1.58. The van der Waals surface area contributed by atoms with Gasteiger partial charge in [0.1, 0.15) is 11.0 Å². The van der Waals surface area contributed by atoms with Gasteiger partial charge in [-0.25, -0.2) is 0 Å². The number of para-hydroxylation sites is 1. The molecule has 0 saturated carbocycles. The van der Waals surface area contributed by atoms with Gasteiger partial charge in [0.05, 0.1) is 1.37 Å². The zero-order valence-electron chi connectivity index (χ0n) is 5.98. The van der Waals surface area contributed by atoms with Crippen molar-refractivity contribution >= 4 is 11.0 Å². The molecule has 0 unspecified atom stereocenters. The van der Waals surface area contributed by atoms with E-state index in [0.29, 0.717) is 15.9 Å². The summed E-state index contributed by atoms with van der Waals surface area (Å²) in [6.45, 7) is 0. The van der Waals surface area contributed by atoms with Crippen LogP contribution in [0.5, 0.6) is 0 Å². The van der Waals surface area contributed by atoms with Crippen molar-refractivity contribution in [2.45, 2.75) is 0 Å². The van der Waals surface area contributed by atoms with Crippen LogP contribution in [0.15, 0.2) is 24.2 Å². The molecular weight excluding hydrogens is 130 g/mol. The molecule has 1 aromatic carbocycles. The van der Waals surface area contributed by atoms with E-state index in [1.165, 1.54) is 0 Å². The highest BCUT2D eigenvalue weighted by molar-refractivity contribution is 5.73. The molecule has 0 bridgehead atoms. The number of hydrogen-bond acceptors (Lipinski definition) is 2. The van der Waals surface area contributed by atoms with Crippen LogP contribution >= 0.6 is 0 Å². The third kappa shape index (κ3) is 0.556. The number of benzene rings is 1.